The van der Waals surface area contributed by atoms with Crippen molar-refractivity contribution in [2.24, 2.45) is 5.92 Å². The average Bonchev–Trinajstić information content (AvgIpc) is 3.18. The lowest BCUT2D eigenvalue weighted by molar-refractivity contribution is -0.0125. The number of aryl methyl sites for hydroxylation is 1. The fourth-order valence-electron chi connectivity index (χ4n) is 3.27. The Balaban J connectivity index is 1.40. The minimum absolute atomic E-state index is 0.00253. The molecule has 2 aromatic rings. The van der Waals surface area contributed by atoms with Gasteiger partial charge >= 0.3 is 0 Å². The third-order valence-corrected chi connectivity index (χ3v) is 5.07. The zero-order valence-corrected chi connectivity index (χ0v) is 12.8. The van der Waals surface area contributed by atoms with E-state index in [1.165, 1.54) is 11.4 Å². The number of fused-ring (bicyclic) bond motifs is 1. The van der Waals surface area contributed by atoms with Crippen LogP contribution in [0.4, 0.5) is 0 Å². The first-order valence-electron chi connectivity index (χ1n) is 7.34. The molecule has 0 radical (unpaired) electrons. The van der Waals surface area contributed by atoms with Gasteiger partial charge in [-0.3, -0.25) is 4.90 Å². The lowest BCUT2D eigenvalue weighted by atomic mass is 9.92. The first kappa shape index (κ1) is 13.4. The van der Waals surface area contributed by atoms with Crippen LogP contribution in [0.15, 0.2) is 16.1 Å². The van der Waals surface area contributed by atoms with E-state index in [4.69, 9.17) is 9.26 Å². The molecule has 4 rings (SSSR count). The number of piperidine rings is 1. The van der Waals surface area contributed by atoms with Gasteiger partial charge in [0, 0.05) is 25.0 Å². The van der Waals surface area contributed by atoms with Crippen LogP contribution in [-0.4, -0.2) is 39.2 Å². The number of thiazole rings is 1. The number of aromatic nitrogens is 3. The first-order chi connectivity index (χ1) is 10.3. The van der Waals surface area contributed by atoms with Crippen molar-refractivity contribution in [3.63, 3.8) is 0 Å². The van der Waals surface area contributed by atoms with Crippen LogP contribution in [0, 0.1) is 12.8 Å². The normalized spacial score (nSPS) is 29.7. The summed E-state index contributed by atoms with van der Waals surface area (Å²) in [6, 6.07) is 0. The molecule has 0 aromatic carbocycles. The van der Waals surface area contributed by atoms with Gasteiger partial charge in [-0.05, 0) is 25.3 Å². The van der Waals surface area contributed by atoms with Gasteiger partial charge in [-0.15, -0.1) is 11.3 Å². The predicted molar refractivity (Wildman–Crippen MR) is 76.8 cm³/mol. The second-order valence-electron chi connectivity index (χ2n) is 5.78. The van der Waals surface area contributed by atoms with Gasteiger partial charge in [0.1, 0.15) is 11.1 Å². The van der Waals surface area contributed by atoms with Crippen LogP contribution in [0.3, 0.4) is 0 Å². The quantitative estimate of drug-likeness (QED) is 0.866. The van der Waals surface area contributed by atoms with E-state index in [1.807, 2.05) is 18.5 Å². The molecule has 2 aliphatic rings. The molecule has 0 aliphatic carbocycles. The second-order valence-corrected chi connectivity index (χ2v) is 6.76. The Hall–Kier alpha value is -1.31. The summed E-state index contributed by atoms with van der Waals surface area (Å²) in [6.45, 7) is 4.82. The van der Waals surface area contributed by atoms with Gasteiger partial charge < -0.3 is 9.26 Å². The second kappa shape index (κ2) is 5.47. The molecule has 2 fully saturated rings. The smallest absolute Gasteiger partial charge is 0.223 e. The van der Waals surface area contributed by atoms with Gasteiger partial charge in [0.25, 0.3) is 0 Å². The van der Waals surface area contributed by atoms with Crippen molar-refractivity contribution in [2.75, 3.05) is 13.1 Å². The molecular formula is C14H18N4O2S. The van der Waals surface area contributed by atoms with Crippen LogP contribution >= 0.6 is 11.3 Å². The Morgan fingerprint density at radius 1 is 1.48 bits per heavy atom. The van der Waals surface area contributed by atoms with Crippen molar-refractivity contribution in [1.82, 2.24) is 20.0 Å². The molecule has 0 spiro atoms. The molecule has 0 saturated carbocycles. The highest BCUT2D eigenvalue weighted by Crippen LogP contribution is 2.40. The van der Waals surface area contributed by atoms with Crippen molar-refractivity contribution in [3.8, 4) is 0 Å². The number of ether oxygens (including phenoxy) is 1. The molecule has 0 amide bonds. The van der Waals surface area contributed by atoms with E-state index in [9.17, 15) is 0 Å². The highest BCUT2D eigenvalue weighted by atomic mass is 32.1. The number of hydrogen-bond acceptors (Lipinski definition) is 7. The largest absolute Gasteiger partial charge is 0.365 e. The van der Waals surface area contributed by atoms with Crippen molar-refractivity contribution in [1.29, 1.82) is 0 Å². The SMILES string of the molecule is Cc1nc([C@H]2C[C@@H]3CCN(Cc4nccs4)C[C@H]3O2)no1. The summed E-state index contributed by atoms with van der Waals surface area (Å²) in [7, 11) is 0. The molecule has 3 atom stereocenters. The van der Waals surface area contributed by atoms with Gasteiger partial charge in [-0.1, -0.05) is 5.16 Å². The maximum Gasteiger partial charge on any atom is 0.223 e. The van der Waals surface area contributed by atoms with Crippen LogP contribution in [0.2, 0.25) is 0 Å². The molecule has 2 aliphatic heterocycles. The summed E-state index contributed by atoms with van der Waals surface area (Å²) in [5.74, 6) is 1.92. The van der Waals surface area contributed by atoms with Gasteiger partial charge in [0.2, 0.25) is 11.7 Å². The number of nitrogens with zero attached hydrogens (tertiary/aromatic N) is 4. The monoisotopic (exact) mass is 306 g/mol. The molecule has 6 nitrogen and oxygen atoms in total. The zero-order chi connectivity index (χ0) is 14.2. The number of rotatable bonds is 3. The van der Waals surface area contributed by atoms with E-state index >= 15 is 0 Å². The van der Waals surface area contributed by atoms with E-state index in [0.29, 0.717) is 17.6 Å². The summed E-state index contributed by atoms with van der Waals surface area (Å²) in [5, 5.41) is 7.21. The standard InChI is InChI=1S/C14H18N4O2S/c1-9-16-14(17-20-9)11-6-10-2-4-18(7-12(10)19-11)8-13-15-3-5-21-13/h3,5,10-12H,2,4,6-8H2,1H3/t10-,11+,12+/m0/s1. The van der Waals surface area contributed by atoms with Crippen molar-refractivity contribution in [3.05, 3.63) is 28.3 Å². The van der Waals surface area contributed by atoms with Gasteiger partial charge in [0.05, 0.1) is 12.6 Å². The Kier molecular flexibility index (Phi) is 3.48. The Labute approximate surface area is 127 Å². The van der Waals surface area contributed by atoms with E-state index in [2.05, 4.69) is 20.0 Å². The molecule has 21 heavy (non-hydrogen) atoms. The van der Waals surface area contributed by atoms with Crippen molar-refractivity contribution in [2.45, 2.75) is 38.5 Å². The lowest BCUT2D eigenvalue weighted by Gasteiger charge is -2.33. The maximum atomic E-state index is 6.17. The first-order valence-corrected chi connectivity index (χ1v) is 8.22. The summed E-state index contributed by atoms with van der Waals surface area (Å²) < 4.78 is 11.2. The lowest BCUT2D eigenvalue weighted by Crippen LogP contribution is -2.41. The van der Waals surface area contributed by atoms with Crippen LogP contribution in [0.5, 0.6) is 0 Å². The molecule has 0 unspecified atom stereocenters. The molecule has 7 heteroatoms. The third kappa shape index (κ3) is 2.73. The van der Waals surface area contributed by atoms with Gasteiger partial charge in [-0.25, -0.2) is 4.98 Å². The minimum Gasteiger partial charge on any atom is -0.365 e. The van der Waals surface area contributed by atoms with E-state index in [1.54, 1.807) is 11.3 Å². The fraction of sp³-hybridized carbons (Fsp3) is 0.643. The van der Waals surface area contributed by atoms with E-state index < -0.39 is 0 Å². The van der Waals surface area contributed by atoms with Crippen LogP contribution < -0.4 is 0 Å². The zero-order valence-electron chi connectivity index (χ0n) is 11.9. The van der Waals surface area contributed by atoms with Crippen molar-refractivity contribution < 1.29 is 9.26 Å². The summed E-state index contributed by atoms with van der Waals surface area (Å²) in [4.78, 5) is 11.1. The Morgan fingerprint density at radius 3 is 3.19 bits per heavy atom. The summed E-state index contributed by atoms with van der Waals surface area (Å²) in [5.41, 5.74) is 0. The molecule has 112 valence electrons. The van der Waals surface area contributed by atoms with Crippen LogP contribution in [0.25, 0.3) is 0 Å². The van der Waals surface area contributed by atoms with E-state index in [-0.39, 0.29) is 12.2 Å². The van der Waals surface area contributed by atoms with E-state index in [0.717, 1.165) is 26.1 Å². The highest BCUT2D eigenvalue weighted by molar-refractivity contribution is 7.09. The molecule has 2 saturated heterocycles. The highest BCUT2D eigenvalue weighted by Gasteiger charge is 2.41. The van der Waals surface area contributed by atoms with Crippen LogP contribution in [-0.2, 0) is 11.3 Å². The fourth-order valence-corrected chi connectivity index (χ4v) is 3.93. The third-order valence-electron chi connectivity index (χ3n) is 4.31. The number of likely N-dealkylation sites (tertiary alicyclic amines) is 1. The van der Waals surface area contributed by atoms with Gasteiger partial charge in [-0.2, -0.15) is 4.98 Å². The molecule has 4 heterocycles. The molecule has 0 N–H and O–H groups in total. The Bertz CT molecular complexity index is 600. The number of hydrogen-bond donors (Lipinski definition) is 0. The predicted octanol–water partition coefficient (Wildman–Crippen LogP) is 2.19. The summed E-state index contributed by atoms with van der Waals surface area (Å²) >= 11 is 1.72. The topological polar surface area (TPSA) is 64.3 Å². The minimum atomic E-state index is -0.00253. The van der Waals surface area contributed by atoms with Crippen LogP contribution in [0.1, 0.15) is 35.7 Å². The molecule has 0 bridgehead atoms. The molecule has 2 aromatic heterocycles. The molecular weight excluding hydrogens is 288 g/mol. The average molecular weight is 306 g/mol. The maximum absolute atomic E-state index is 6.17. The Morgan fingerprint density at radius 2 is 2.43 bits per heavy atom. The summed E-state index contributed by atoms with van der Waals surface area (Å²) in [6.07, 6.45) is 4.32. The van der Waals surface area contributed by atoms with Gasteiger partial charge in [0.15, 0.2) is 0 Å². The van der Waals surface area contributed by atoms with Crippen molar-refractivity contribution >= 4 is 11.3 Å².